The molecule has 4 N–H and O–H groups in total. The summed E-state index contributed by atoms with van der Waals surface area (Å²) in [5, 5.41) is 59.0. The molecule has 73 heavy (non-hydrogen) atoms. The van der Waals surface area contributed by atoms with E-state index >= 15 is 0 Å². The molecular formula is C62H82N2NiO8. The number of carboxylic acids is 2. The largest absolute Gasteiger partial charge is 2.00 e. The van der Waals surface area contributed by atoms with E-state index in [0.29, 0.717) is 24.0 Å². The van der Waals surface area contributed by atoms with Crippen molar-refractivity contribution in [2.45, 2.75) is 196 Å². The van der Waals surface area contributed by atoms with Gasteiger partial charge in [-0.25, -0.2) is 0 Å². The van der Waals surface area contributed by atoms with Gasteiger partial charge in [0.15, 0.2) is 23.0 Å². The first-order valence-electron chi connectivity index (χ1n) is 26.5. The predicted molar refractivity (Wildman–Crippen MR) is 292 cm³/mol. The second kappa shape index (κ2) is 39.5. The van der Waals surface area contributed by atoms with E-state index < -0.39 is 34.9 Å². The Bertz CT molecular complexity index is 2360. The number of benzene rings is 4. The fourth-order valence-electron chi connectivity index (χ4n) is 7.78. The van der Waals surface area contributed by atoms with E-state index in [9.17, 15) is 40.2 Å². The van der Waals surface area contributed by atoms with E-state index in [1.165, 1.54) is 73.9 Å². The second-order valence-electron chi connectivity index (χ2n) is 18.0. The normalized spacial score (nSPS) is 10.8. The Morgan fingerprint density at radius 3 is 1.21 bits per heavy atom. The molecule has 0 unspecified atom stereocenters. The third-order valence-electron chi connectivity index (χ3n) is 12.0. The van der Waals surface area contributed by atoms with Crippen LogP contribution in [0.15, 0.2) is 82.8 Å². The van der Waals surface area contributed by atoms with Crippen molar-refractivity contribution in [3.8, 4) is 46.7 Å². The SMILES string of the molecule is CCCCC#CCCCc1ccccc1N=C(C)C(CCCCC)=Nc1ccccc1CCCC#CCCCC.CCCCCc1ccc(O)c(O)c1C(=O)[O-].CCCCCc1ccc(O)c(O)c1C(=O)[O-].[Ni+2]. The third kappa shape index (κ3) is 25.5. The number of carboxylic acid groups (broad SMARTS) is 2. The maximum Gasteiger partial charge on any atom is 2.00 e. The van der Waals surface area contributed by atoms with Crippen LogP contribution in [-0.2, 0) is 42.2 Å². The van der Waals surface area contributed by atoms with Crippen molar-refractivity contribution in [3.05, 3.63) is 106 Å². The Morgan fingerprint density at radius 1 is 0.452 bits per heavy atom. The molecule has 0 aromatic heterocycles. The topological polar surface area (TPSA) is 186 Å². The number of para-hydroxylation sites is 2. The minimum absolute atomic E-state index is 0. The van der Waals surface area contributed by atoms with Gasteiger partial charge in [-0.05, 0) is 130 Å². The summed E-state index contributed by atoms with van der Waals surface area (Å²) in [5.74, 6) is 8.34. The van der Waals surface area contributed by atoms with E-state index in [1.54, 1.807) is 0 Å². The van der Waals surface area contributed by atoms with Gasteiger partial charge in [-0.15, -0.1) is 23.7 Å². The van der Waals surface area contributed by atoms with Crippen molar-refractivity contribution < 1.29 is 56.7 Å². The standard InChI is InChI=1S/C38H52N2.2C12H16O4.Ni/c1-5-8-11-13-15-17-20-26-34-28-22-24-31-37(34)39-33(4)36(30-19-10-7-3)40-38-32-25-23-29-35(38)27-21-18-16-14-12-9-6-2;2*1-2-3-4-5-8-6-7-9(13)11(14)10(8)12(15)16;/h22-25,28-29,31-32H,5-12,17-21,26-27,30H2,1-4H3;2*6-7,13-14H,2-5H2,1H3,(H,15,16);/q;;;+2/p-2. The summed E-state index contributed by atoms with van der Waals surface area (Å²) < 4.78 is 0. The molecule has 10 nitrogen and oxygen atoms in total. The van der Waals surface area contributed by atoms with Crippen molar-refractivity contribution in [2.24, 2.45) is 9.98 Å². The Labute approximate surface area is 447 Å². The number of phenolic OH excluding ortho intramolecular Hbond substituents is 2. The molecule has 0 atom stereocenters. The van der Waals surface area contributed by atoms with E-state index in [4.69, 9.17) is 9.98 Å². The predicted octanol–water partition coefficient (Wildman–Crippen LogP) is 13.6. The Morgan fingerprint density at radius 2 is 0.808 bits per heavy atom. The number of nitrogens with zero attached hydrogens (tertiary/aromatic N) is 2. The van der Waals surface area contributed by atoms with Crippen molar-refractivity contribution in [1.82, 2.24) is 0 Å². The summed E-state index contributed by atoms with van der Waals surface area (Å²) >= 11 is 0. The summed E-state index contributed by atoms with van der Waals surface area (Å²) in [4.78, 5) is 32.1. The van der Waals surface area contributed by atoms with Crippen LogP contribution < -0.4 is 10.2 Å². The minimum atomic E-state index is -1.46. The first kappa shape index (κ1) is 65.0. The number of unbranched alkanes of at least 4 members (excludes halogenated alkanes) is 12. The molecule has 4 rings (SSSR count). The molecular weight excluding hydrogens is 959 g/mol. The number of aromatic carboxylic acids is 2. The number of phenols is 4. The zero-order valence-corrected chi connectivity index (χ0v) is 45.5. The number of rotatable bonds is 27. The van der Waals surface area contributed by atoms with Crippen LogP contribution in [0.1, 0.15) is 213 Å². The fourth-order valence-corrected chi connectivity index (χ4v) is 7.78. The molecule has 0 saturated carbocycles. The summed E-state index contributed by atoms with van der Waals surface area (Å²) in [7, 11) is 0. The average Bonchev–Trinajstić information content (AvgIpc) is 3.36. The van der Waals surface area contributed by atoms with Gasteiger partial charge in [-0.2, -0.15) is 0 Å². The molecule has 4 aromatic carbocycles. The molecule has 0 amide bonds. The second-order valence-corrected chi connectivity index (χ2v) is 18.0. The molecule has 398 valence electrons. The van der Waals surface area contributed by atoms with Gasteiger partial charge in [-0.1, -0.05) is 135 Å². The Balaban J connectivity index is 0.000000658. The number of hydrogen-bond donors (Lipinski definition) is 4. The van der Waals surface area contributed by atoms with Crippen molar-refractivity contribution in [3.63, 3.8) is 0 Å². The average molecular weight is 1040 g/mol. The first-order valence-corrected chi connectivity index (χ1v) is 26.5. The monoisotopic (exact) mass is 1040 g/mol. The molecule has 11 heteroatoms. The minimum Gasteiger partial charge on any atom is -0.545 e. The molecule has 0 spiro atoms. The van der Waals surface area contributed by atoms with Crippen LogP contribution in [0.3, 0.4) is 0 Å². The molecule has 0 aliphatic rings. The van der Waals surface area contributed by atoms with E-state index in [-0.39, 0.29) is 27.6 Å². The van der Waals surface area contributed by atoms with E-state index in [1.807, 2.05) is 13.8 Å². The fraction of sp³-hybridized carbons (Fsp3) is 0.484. The summed E-state index contributed by atoms with van der Waals surface area (Å²) in [6, 6.07) is 22.8. The summed E-state index contributed by atoms with van der Waals surface area (Å²) in [6.45, 7) is 12.9. The van der Waals surface area contributed by atoms with Gasteiger partial charge in [0.1, 0.15) is 0 Å². The quantitative estimate of drug-likeness (QED) is 0.0149. The van der Waals surface area contributed by atoms with Crippen LogP contribution in [0.25, 0.3) is 0 Å². The number of aromatic hydroxyl groups is 4. The van der Waals surface area contributed by atoms with Crippen LogP contribution in [-0.4, -0.2) is 43.8 Å². The van der Waals surface area contributed by atoms with Crippen LogP contribution in [0.4, 0.5) is 11.4 Å². The number of aliphatic imine (C=N–C) groups is 2. The van der Waals surface area contributed by atoms with Crippen LogP contribution in [0.2, 0.25) is 0 Å². The van der Waals surface area contributed by atoms with Crippen molar-refractivity contribution in [2.75, 3.05) is 0 Å². The van der Waals surface area contributed by atoms with Gasteiger partial charge in [0, 0.05) is 36.8 Å². The number of carbonyl (C=O) groups excluding carboxylic acids is 2. The molecule has 0 heterocycles. The number of hydrogen-bond acceptors (Lipinski definition) is 10. The molecule has 0 radical (unpaired) electrons. The smallest absolute Gasteiger partial charge is 0.545 e. The number of carbonyl (C=O) groups is 2. The molecule has 4 aromatic rings. The first-order chi connectivity index (χ1) is 34.8. The zero-order valence-electron chi connectivity index (χ0n) is 44.5. The maximum absolute atomic E-state index is 10.8. The summed E-state index contributed by atoms with van der Waals surface area (Å²) in [5.41, 5.74) is 7.30. The van der Waals surface area contributed by atoms with Gasteiger partial charge in [-0.3, -0.25) is 9.98 Å². The maximum atomic E-state index is 10.8. The molecule has 0 aliphatic heterocycles. The van der Waals surface area contributed by atoms with Crippen molar-refractivity contribution in [1.29, 1.82) is 0 Å². The Kier molecular flexibility index (Phi) is 35.2. The molecule has 0 fully saturated rings. The number of aryl methyl sites for hydroxylation is 4. The van der Waals surface area contributed by atoms with Crippen LogP contribution in [0, 0.1) is 23.7 Å². The molecule has 0 saturated heterocycles. The Hall–Kier alpha value is -6.03. The van der Waals surface area contributed by atoms with Gasteiger partial charge < -0.3 is 40.2 Å². The third-order valence-corrected chi connectivity index (χ3v) is 12.0. The van der Waals surface area contributed by atoms with Crippen LogP contribution >= 0.6 is 0 Å². The van der Waals surface area contributed by atoms with Gasteiger partial charge in [0.05, 0.1) is 34.7 Å². The van der Waals surface area contributed by atoms with E-state index in [2.05, 4.69) is 99.9 Å². The van der Waals surface area contributed by atoms with Crippen LogP contribution in [0.5, 0.6) is 23.0 Å². The summed E-state index contributed by atoms with van der Waals surface area (Å²) in [6.07, 6.45) is 24.3. The van der Waals surface area contributed by atoms with E-state index in [0.717, 1.165) is 126 Å². The van der Waals surface area contributed by atoms with Gasteiger partial charge >= 0.3 is 16.5 Å². The van der Waals surface area contributed by atoms with Gasteiger partial charge in [0.25, 0.3) is 0 Å². The van der Waals surface area contributed by atoms with Gasteiger partial charge in [0.2, 0.25) is 0 Å². The zero-order chi connectivity index (χ0) is 52.9. The molecule has 0 aliphatic carbocycles. The molecule has 0 bridgehead atoms. The van der Waals surface area contributed by atoms with Crippen molar-refractivity contribution >= 4 is 34.7 Å².